The average Bonchev–Trinajstić information content (AvgIpc) is 2.69. The van der Waals surface area contributed by atoms with Gasteiger partial charge in [-0.2, -0.15) is 0 Å². The molecule has 0 spiro atoms. The summed E-state index contributed by atoms with van der Waals surface area (Å²) in [6.07, 6.45) is 4.23. The molecule has 4 nitrogen and oxygen atoms in total. The lowest BCUT2D eigenvalue weighted by Gasteiger charge is -2.33. The van der Waals surface area contributed by atoms with Crippen molar-refractivity contribution in [3.63, 3.8) is 0 Å². The number of amides is 1. The molecule has 1 amide bonds. The number of anilines is 1. The molecule has 0 saturated heterocycles. The van der Waals surface area contributed by atoms with E-state index < -0.39 is 0 Å². The van der Waals surface area contributed by atoms with E-state index in [0.717, 1.165) is 42.4 Å². The Bertz CT molecular complexity index is 959. The molecule has 3 aromatic rings. The number of halogens is 1. The van der Waals surface area contributed by atoms with Gasteiger partial charge in [0.1, 0.15) is 5.82 Å². The number of nitrogens with zero attached hydrogens (tertiary/aromatic N) is 1. The number of aromatic nitrogens is 1. The normalized spacial score (nSPS) is 19.6. The third-order valence-corrected chi connectivity index (χ3v) is 5.34. The van der Waals surface area contributed by atoms with E-state index in [-0.39, 0.29) is 18.0 Å². The van der Waals surface area contributed by atoms with Crippen molar-refractivity contribution in [2.45, 2.75) is 37.8 Å². The maximum Gasteiger partial charge on any atom is 0.251 e. The van der Waals surface area contributed by atoms with E-state index in [0.29, 0.717) is 10.6 Å². The summed E-state index contributed by atoms with van der Waals surface area (Å²) in [5.74, 6) is 0.769. The molecule has 5 heteroatoms. The van der Waals surface area contributed by atoms with E-state index in [1.54, 1.807) is 24.3 Å². The van der Waals surface area contributed by atoms with Gasteiger partial charge in [-0.15, -0.1) is 0 Å². The zero-order valence-corrected chi connectivity index (χ0v) is 15.7. The number of pyridine rings is 1. The fraction of sp³-hybridized carbons (Fsp3) is 0.273. The van der Waals surface area contributed by atoms with Crippen molar-refractivity contribution in [3.05, 3.63) is 71.2 Å². The van der Waals surface area contributed by atoms with Crippen molar-refractivity contribution < 1.29 is 4.79 Å². The van der Waals surface area contributed by atoms with Crippen molar-refractivity contribution in [2.75, 3.05) is 5.32 Å². The molecule has 2 N–H and O–H groups in total. The van der Waals surface area contributed by atoms with Gasteiger partial charge in [-0.3, -0.25) is 4.79 Å². The van der Waals surface area contributed by atoms with E-state index in [1.807, 2.05) is 24.3 Å². The average molecular weight is 380 g/mol. The first-order valence-electron chi connectivity index (χ1n) is 9.38. The summed E-state index contributed by atoms with van der Waals surface area (Å²) >= 11 is 6.01. The van der Waals surface area contributed by atoms with E-state index in [9.17, 15) is 4.79 Å². The summed E-state index contributed by atoms with van der Waals surface area (Å²) in [4.78, 5) is 17.3. The molecule has 0 aliphatic heterocycles. The highest BCUT2D eigenvalue weighted by Crippen LogP contribution is 2.23. The standard InChI is InChI=1S/C22H22ClN3O/c23-17-8-5-7-16(14-17)22(27)26-20-11-4-3-10-19(20)25-21-13-12-15-6-1-2-9-18(15)24-21/h1-2,5-9,12-14,19-20H,3-4,10-11H2,(H,24,25)(H,26,27). The minimum absolute atomic E-state index is 0.0681. The number of nitrogens with one attached hydrogen (secondary N) is 2. The number of fused-ring (bicyclic) bond motifs is 1. The van der Waals surface area contributed by atoms with Crippen LogP contribution in [-0.2, 0) is 0 Å². The second-order valence-electron chi connectivity index (χ2n) is 7.01. The van der Waals surface area contributed by atoms with Gasteiger partial charge in [0.2, 0.25) is 0 Å². The predicted molar refractivity (Wildman–Crippen MR) is 110 cm³/mol. The SMILES string of the molecule is O=C(NC1CCCCC1Nc1ccc2ccccc2n1)c1cccc(Cl)c1. The molecule has 4 rings (SSSR count). The first kappa shape index (κ1) is 17.8. The fourth-order valence-electron chi connectivity index (χ4n) is 3.69. The summed E-state index contributed by atoms with van der Waals surface area (Å²) in [6, 6.07) is 19.5. The van der Waals surface area contributed by atoms with E-state index in [2.05, 4.69) is 22.8 Å². The minimum Gasteiger partial charge on any atom is -0.365 e. The van der Waals surface area contributed by atoms with Gasteiger partial charge in [0.15, 0.2) is 0 Å². The number of carbonyl (C=O) groups excluding carboxylic acids is 1. The van der Waals surface area contributed by atoms with Gasteiger partial charge in [0.25, 0.3) is 5.91 Å². The zero-order chi connectivity index (χ0) is 18.6. The van der Waals surface area contributed by atoms with Crippen molar-refractivity contribution >= 4 is 34.2 Å². The van der Waals surface area contributed by atoms with Crippen LogP contribution in [0.5, 0.6) is 0 Å². The summed E-state index contributed by atoms with van der Waals surface area (Å²) < 4.78 is 0. The van der Waals surface area contributed by atoms with Gasteiger partial charge < -0.3 is 10.6 Å². The van der Waals surface area contributed by atoms with Gasteiger partial charge in [-0.1, -0.05) is 48.7 Å². The van der Waals surface area contributed by atoms with Gasteiger partial charge in [-0.25, -0.2) is 4.98 Å². The van der Waals surface area contributed by atoms with Crippen LogP contribution < -0.4 is 10.6 Å². The molecule has 138 valence electrons. The van der Waals surface area contributed by atoms with Crippen LogP contribution in [0.4, 0.5) is 5.82 Å². The smallest absolute Gasteiger partial charge is 0.251 e. The lowest BCUT2D eigenvalue weighted by Crippen LogP contribution is -2.48. The molecule has 1 saturated carbocycles. The summed E-state index contributed by atoms with van der Waals surface area (Å²) in [5.41, 5.74) is 1.56. The Balaban J connectivity index is 1.49. The van der Waals surface area contributed by atoms with Crippen LogP contribution in [0.15, 0.2) is 60.7 Å². The lowest BCUT2D eigenvalue weighted by molar-refractivity contribution is 0.0923. The van der Waals surface area contributed by atoms with Gasteiger partial charge in [0.05, 0.1) is 5.52 Å². The van der Waals surface area contributed by atoms with E-state index in [4.69, 9.17) is 16.6 Å². The van der Waals surface area contributed by atoms with Crippen molar-refractivity contribution in [1.82, 2.24) is 10.3 Å². The Kier molecular flexibility index (Phi) is 5.26. The largest absolute Gasteiger partial charge is 0.365 e. The predicted octanol–water partition coefficient (Wildman–Crippen LogP) is 5.04. The molecule has 1 aliphatic rings. The van der Waals surface area contributed by atoms with E-state index in [1.165, 1.54) is 0 Å². The molecule has 2 unspecified atom stereocenters. The number of para-hydroxylation sites is 1. The Morgan fingerprint density at radius 3 is 2.63 bits per heavy atom. The zero-order valence-electron chi connectivity index (χ0n) is 15.0. The Morgan fingerprint density at radius 1 is 0.963 bits per heavy atom. The lowest BCUT2D eigenvalue weighted by atomic mass is 9.90. The van der Waals surface area contributed by atoms with Gasteiger partial charge in [0, 0.05) is 28.1 Å². The Hall–Kier alpha value is -2.59. The first-order chi connectivity index (χ1) is 13.2. The monoisotopic (exact) mass is 379 g/mol. The molecule has 27 heavy (non-hydrogen) atoms. The third kappa shape index (κ3) is 4.22. The number of benzene rings is 2. The molecule has 2 aromatic carbocycles. The second kappa shape index (κ2) is 7.97. The molecule has 1 aliphatic carbocycles. The minimum atomic E-state index is -0.0809. The summed E-state index contributed by atoms with van der Waals surface area (Å²) in [6.45, 7) is 0. The highest BCUT2D eigenvalue weighted by atomic mass is 35.5. The number of hydrogen-bond acceptors (Lipinski definition) is 3. The highest BCUT2D eigenvalue weighted by molar-refractivity contribution is 6.30. The molecule has 1 fully saturated rings. The molecular weight excluding hydrogens is 358 g/mol. The molecule has 0 bridgehead atoms. The molecule has 0 radical (unpaired) electrons. The number of rotatable bonds is 4. The number of carbonyl (C=O) groups is 1. The van der Waals surface area contributed by atoms with Crippen molar-refractivity contribution in [2.24, 2.45) is 0 Å². The second-order valence-corrected chi connectivity index (χ2v) is 7.45. The summed E-state index contributed by atoms with van der Waals surface area (Å²) in [5, 5.41) is 8.41. The summed E-state index contributed by atoms with van der Waals surface area (Å²) in [7, 11) is 0. The van der Waals surface area contributed by atoms with Crippen LogP contribution in [-0.4, -0.2) is 23.0 Å². The van der Waals surface area contributed by atoms with Gasteiger partial charge >= 0.3 is 0 Å². The molecule has 2 atom stereocenters. The van der Waals surface area contributed by atoms with Crippen LogP contribution in [0.25, 0.3) is 10.9 Å². The number of hydrogen-bond donors (Lipinski definition) is 2. The third-order valence-electron chi connectivity index (χ3n) is 5.10. The quantitative estimate of drug-likeness (QED) is 0.667. The topological polar surface area (TPSA) is 54.0 Å². The maximum absolute atomic E-state index is 12.6. The molecular formula is C22H22ClN3O. The Labute approximate surface area is 164 Å². The van der Waals surface area contributed by atoms with Crippen LogP contribution in [0.1, 0.15) is 36.0 Å². The highest BCUT2D eigenvalue weighted by Gasteiger charge is 2.27. The molecule has 1 heterocycles. The van der Waals surface area contributed by atoms with Gasteiger partial charge in [-0.05, 0) is 49.2 Å². The van der Waals surface area contributed by atoms with Crippen molar-refractivity contribution in [1.29, 1.82) is 0 Å². The van der Waals surface area contributed by atoms with Crippen LogP contribution in [0.3, 0.4) is 0 Å². The Morgan fingerprint density at radius 2 is 1.78 bits per heavy atom. The van der Waals surface area contributed by atoms with Crippen LogP contribution >= 0.6 is 11.6 Å². The molecule has 1 aromatic heterocycles. The van der Waals surface area contributed by atoms with E-state index >= 15 is 0 Å². The fourth-order valence-corrected chi connectivity index (χ4v) is 3.88. The van der Waals surface area contributed by atoms with Crippen molar-refractivity contribution in [3.8, 4) is 0 Å². The van der Waals surface area contributed by atoms with Crippen LogP contribution in [0, 0.1) is 0 Å². The van der Waals surface area contributed by atoms with Crippen LogP contribution in [0.2, 0.25) is 5.02 Å². The maximum atomic E-state index is 12.6. The first-order valence-corrected chi connectivity index (χ1v) is 9.75.